The number of nitrogens with one attached hydrogen (secondary N) is 1. The second-order valence-corrected chi connectivity index (χ2v) is 9.50. The molecule has 2 aromatic carbocycles. The molecule has 1 fully saturated rings. The van der Waals surface area contributed by atoms with E-state index < -0.39 is 22.6 Å². The minimum Gasteiger partial charge on any atom is -0.383 e. The normalized spacial score (nSPS) is 15.2. The van der Waals surface area contributed by atoms with E-state index >= 15 is 0 Å². The van der Waals surface area contributed by atoms with Crippen molar-refractivity contribution in [2.45, 2.75) is 43.5 Å². The molecule has 5 rings (SSSR count). The van der Waals surface area contributed by atoms with Gasteiger partial charge in [0.05, 0.1) is 10.3 Å². The summed E-state index contributed by atoms with van der Waals surface area (Å²) in [7, 11) is -1.87. The summed E-state index contributed by atoms with van der Waals surface area (Å²) in [4.78, 5) is 8.61. The average Bonchev–Trinajstić information content (AvgIpc) is 3.43. The highest BCUT2D eigenvalue weighted by Crippen LogP contribution is 2.39. The molecular weight excluding hydrogens is 444 g/mol. The topological polar surface area (TPSA) is 85.8 Å². The Morgan fingerprint density at radius 2 is 1.91 bits per heavy atom. The predicted molar refractivity (Wildman–Crippen MR) is 126 cm³/mol. The van der Waals surface area contributed by atoms with E-state index in [0.717, 1.165) is 52.7 Å². The monoisotopic (exact) mass is 467 g/mol. The quantitative estimate of drug-likeness (QED) is 0.405. The number of anilines is 2. The number of nitrogen functional groups attached to an aromatic ring is 1. The van der Waals surface area contributed by atoms with Crippen LogP contribution in [0.5, 0.6) is 0 Å². The summed E-state index contributed by atoms with van der Waals surface area (Å²) >= 11 is 0. The van der Waals surface area contributed by atoms with Gasteiger partial charge in [-0.05, 0) is 55.2 Å². The van der Waals surface area contributed by atoms with Crippen molar-refractivity contribution in [2.75, 3.05) is 10.5 Å². The van der Waals surface area contributed by atoms with E-state index in [4.69, 9.17) is 5.73 Å². The molecule has 1 aliphatic rings. The van der Waals surface area contributed by atoms with E-state index in [0.29, 0.717) is 17.5 Å². The Labute approximate surface area is 192 Å². The van der Waals surface area contributed by atoms with Gasteiger partial charge in [-0.2, -0.15) is 0 Å². The number of fused-ring (bicyclic) bond motifs is 1. The molecule has 0 bridgehead atoms. The number of benzene rings is 2. The van der Waals surface area contributed by atoms with E-state index in [1.165, 1.54) is 25.2 Å². The Bertz CT molecular complexity index is 1380. The van der Waals surface area contributed by atoms with Crippen molar-refractivity contribution in [3.8, 4) is 11.1 Å². The van der Waals surface area contributed by atoms with Crippen molar-refractivity contribution >= 4 is 33.5 Å². The summed E-state index contributed by atoms with van der Waals surface area (Å²) in [6.45, 7) is 1.88. The van der Waals surface area contributed by atoms with Gasteiger partial charge in [0.25, 0.3) is 0 Å². The van der Waals surface area contributed by atoms with E-state index in [2.05, 4.69) is 25.5 Å². The molecule has 0 spiro atoms. The number of aromatic nitrogens is 3. The van der Waals surface area contributed by atoms with Gasteiger partial charge in [0.2, 0.25) is 0 Å². The van der Waals surface area contributed by atoms with Gasteiger partial charge in [-0.3, -0.25) is 0 Å². The molecule has 1 unspecified atom stereocenters. The summed E-state index contributed by atoms with van der Waals surface area (Å²) in [6, 6.07) is 9.03. The van der Waals surface area contributed by atoms with Gasteiger partial charge in [-0.15, -0.1) is 0 Å². The standard InChI is InChI=1S/C24H23F2N5OS/c1-14-10-15(6-8-20(14)30-33(32)21-9-7-16(25)11-19(21)26)18-12-31(17-4-2-3-5-17)24-22(18)23(27)28-13-29-24/h6-13,17,30H,2-5H2,1H3,(H2,27,28,29). The highest BCUT2D eigenvalue weighted by Gasteiger charge is 2.23. The van der Waals surface area contributed by atoms with E-state index in [-0.39, 0.29) is 4.90 Å². The molecule has 0 saturated heterocycles. The summed E-state index contributed by atoms with van der Waals surface area (Å²) in [6.07, 6.45) is 8.22. The highest BCUT2D eigenvalue weighted by molar-refractivity contribution is 7.86. The Morgan fingerprint density at radius 1 is 1.12 bits per heavy atom. The third-order valence-corrected chi connectivity index (χ3v) is 7.33. The predicted octanol–water partition coefficient (Wildman–Crippen LogP) is 5.52. The number of nitrogens with two attached hydrogens (primary N) is 1. The second kappa shape index (κ2) is 8.55. The zero-order valence-electron chi connectivity index (χ0n) is 18.0. The lowest BCUT2D eigenvalue weighted by molar-refractivity contribution is 0.532. The van der Waals surface area contributed by atoms with E-state index in [1.54, 1.807) is 6.07 Å². The molecule has 4 aromatic rings. The Hall–Kier alpha value is -3.33. The van der Waals surface area contributed by atoms with Crippen molar-refractivity contribution in [1.82, 2.24) is 14.5 Å². The van der Waals surface area contributed by atoms with Gasteiger partial charge >= 0.3 is 0 Å². The van der Waals surface area contributed by atoms with Crippen LogP contribution in [0, 0.1) is 18.6 Å². The second-order valence-electron chi connectivity index (χ2n) is 8.32. The third-order valence-electron chi connectivity index (χ3n) is 6.19. The Morgan fingerprint density at radius 3 is 2.64 bits per heavy atom. The molecule has 6 nitrogen and oxygen atoms in total. The number of aryl methyl sites for hydroxylation is 1. The van der Waals surface area contributed by atoms with Crippen LogP contribution in [-0.2, 0) is 11.0 Å². The first-order valence-corrected chi connectivity index (χ1v) is 11.9. The van der Waals surface area contributed by atoms with Crippen molar-refractivity contribution in [3.05, 3.63) is 66.1 Å². The van der Waals surface area contributed by atoms with Crippen LogP contribution in [0.2, 0.25) is 0 Å². The van der Waals surface area contributed by atoms with Crippen LogP contribution in [0.15, 0.2) is 53.8 Å². The molecule has 2 aromatic heterocycles. The van der Waals surface area contributed by atoms with Crippen LogP contribution in [0.25, 0.3) is 22.2 Å². The maximum atomic E-state index is 14.0. The number of hydrogen-bond acceptors (Lipinski definition) is 4. The summed E-state index contributed by atoms with van der Waals surface area (Å²) in [5.74, 6) is -1.14. The lowest BCUT2D eigenvalue weighted by Gasteiger charge is -2.12. The third kappa shape index (κ3) is 3.97. The minimum atomic E-state index is -1.87. The molecule has 1 aliphatic carbocycles. The van der Waals surface area contributed by atoms with Crippen LogP contribution < -0.4 is 10.5 Å². The zero-order valence-corrected chi connectivity index (χ0v) is 18.8. The van der Waals surface area contributed by atoms with Crippen LogP contribution in [-0.4, -0.2) is 18.7 Å². The molecule has 33 heavy (non-hydrogen) atoms. The minimum absolute atomic E-state index is 0.107. The molecule has 9 heteroatoms. The molecule has 0 aliphatic heterocycles. The fourth-order valence-electron chi connectivity index (χ4n) is 4.51. The van der Waals surface area contributed by atoms with Gasteiger partial charge in [0, 0.05) is 29.6 Å². The van der Waals surface area contributed by atoms with Crippen molar-refractivity contribution in [2.24, 2.45) is 0 Å². The van der Waals surface area contributed by atoms with E-state index in [1.807, 2.05) is 19.1 Å². The van der Waals surface area contributed by atoms with Gasteiger partial charge in [0.1, 0.15) is 29.4 Å². The molecule has 3 N–H and O–H groups in total. The van der Waals surface area contributed by atoms with E-state index in [9.17, 15) is 13.0 Å². The maximum Gasteiger partial charge on any atom is 0.153 e. The van der Waals surface area contributed by atoms with Crippen molar-refractivity contribution in [3.63, 3.8) is 0 Å². The van der Waals surface area contributed by atoms with Crippen LogP contribution in [0.4, 0.5) is 20.3 Å². The Balaban J connectivity index is 1.50. The number of hydrogen-bond donors (Lipinski definition) is 2. The number of nitrogens with zero attached hydrogens (tertiary/aromatic N) is 3. The van der Waals surface area contributed by atoms with Gasteiger partial charge in [-0.1, -0.05) is 18.9 Å². The molecule has 170 valence electrons. The van der Waals surface area contributed by atoms with Crippen LogP contribution in [0.1, 0.15) is 37.3 Å². The number of halogens is 2. The largest absolute Gasteiger partial charge is 0.383 e. The summed E-state index contributed by atoms with van der Waals surface area (Å²) in [5, 5.41) is 0.821. The zero-order chi connectivity index (χ0) is 23.1. The van der Waals surface area contributed by atoms with Crippen molar-refractivity contribution < 1.29 is 13.0 Å². The lowest BCUT2D eigenvalue weighted by atomic mass is 10.0. The molecule has 0 radical (unpaired) electrons. The fourth-order valence-corrected chi connectivity index (χ4v) is 5.48. The highest BCUT2D eigenvalue weighted by atomic mass is 32.2. The first-order valence-electron chi connectivity index (χ1n) is 10.8. The first kappa shape index (κ1) is 21.5. The molecule has 1 atom stereocenters. The van der Waals surface area contributed by atoms with Crippen LogP contribution in [0.3, 0.4) is 0 Å². The summed E-state index contributed by atoms with van der Waals surface area (Å²) < 4.78 is 44.8. The molecule has 1 saturated carbocycles. The van der Waals surface area contributed by atoms with Gasteiger partial charge in [0.15, 0.2) is 11.0 Å². The summed E-state index contributed by atoms with van der Waals surface area (Å²) in [5.41, 5.74) is 10.4. The molecule has 2 heterocycles. The van der Waals surface area contributed by atoms with Crippen LogP contribution >= 0.6 is 0 Å². The SMILES string of the molecule is Cc1cc(-c2cn(C3CCCC3)c3ncnc(N)c23)ccc1NS(=O)c1ccc(F)cc1F. The van der Waals surface area contributed by atoms with Crippen molar-refractivity contribution in [1.29, 1.82) is 0 Å². The first-order chi connectivity index (χ1) is 15.9. The molecular formula is C24H23F2N5OS. The fraction of sp³-hybridized carbons (Fsp3) is 0.250. The maximum absolute atomic E-state index is 14.0. The van der Waals surface area contributed by atoms with Gasteiger partial charge < -0.3 is 15.0 Å². The smallest absolute Gasteiger partial charge is 0.153 e. The lowest BCUT2D eigenvalue weighted by Crippen LogP contribution is -2.08. The van der Waals surface area contributed by atoms with Gasteiger partial charge in [-0.25, -0.2) is 23.0 Å². The number of rotatable bonds is 5. The molecule has 0 amide bonds. The average molecular weight is 468 g/mol. The Kier molecular flexibility index (Phi) is 5.57.